The Labute approximate surface area is 203 Å². The summed E-state index contributed by atoms with van der Waals surface area (Å²) < 4.78 is 0.357. The van der Waals surface area contributed by atoms with Crippen LogP contribution in [0.1, 0.15) is 38.2 Å². The minimum atomic E-state index is -0.624. The third-order valence-electron chi connectivity index (χ3n) is 5.78. The van der Waals surface area contributed by atoms with E-state index in [1.807, 2.05) is 57.8 Å². The molecule has 1 aliphatic carbocycles. The number of para-hydroxylation sites is 1. The van der Waals surface area contributed by atoms with Gasteiger partial charge in [-0.15, -0.1) is 0 Å². The fourth-order valence-electron chi connectivity index (χ4n) is 4.13. The van der Waals surface area contributed by atoms with Crippen LogP contribution in [0.4, 0.5) is 11.4 Å². The lowest BCUT2D eigenvalue weighted by Crippen LogP contribution is -2.44. The van der Waals surface area contributed by atoms with Crippen molar-refractivity contribution in [1.82, 2.24) is 4.90 Å². The number of nitro benzene ring substituents is 1. The summed E-state index contributed by atoms with van der Waals surface area (Å²) in [7, 11) is 0. The van der Waals surface area contributed by atoms with Crippen molar-refractivity contribution in [2.45, 2.75) is 38.6 Å². The molecule has 0 bridgehead atoms. The molecule has 1 saturated heterocycles. The number of nitro groups is 1. The van der Waals surface area contributed by atoms with Gasteiger partial charge in [-0.05, 0) is 83.0 Å². The molecule has 2 aromatic rings. The van der Waals surface area contributed by atoms with Crippen molar-refractivity contribution >= 4 is 62.9 Å². The molecule has 1 N–H and O–H groups in total. The molecule has 9 heteroatoms. The van der Waals surface area contributed by atoms with Gasteiger partial charge in [-0.2, -0.15) is 0 Å². The first-order valence-electron chi connectivity index (χ1n) is 10.4. The Kier molecular flexibility index (Phi) is 6.85. The normalized spacial score (nSPS) is 23.8. The number of hydrogen-bond donors (Lipinski definition) is 1. The summed E-state index contributed by atoms with van der Waals surface area (Å²) >= 11 is 3.14. The minimum absolute atomic E-state index is 0.0754. The lowest BCUT2D eigenvalue weighted by molar-refractivity contribution is -0.386. The molecule has 7 nitrogen and oxygen atoms in total. The summed E-state index contributed by atoms with van der Waals surface area (Å²) in [5.41, 5.74) is 0.884. The van der Waals surface area contributed by atoms with Gasteiger partial charge in [0.1, 0.15) is 0 Å². The third kappa shape index (κ3) is 4.68. The van der Waals surface area contributed by atoms with Gasteiger partial charge in [0.2, 0.25) is 5.75 Å². The van der Waals surface area contributed by atoms with Gasteiger partial charge in [0.15, 0.2) is 5.17 Å². The number of aliphatic imine (C=N–C) groups is 1. The van der Waals surface area contributed by atoms with Gasteiger partial charge >= 0.3 is 5.69 Å². The topological polar surface area (TPSA) is 96.0 Å². The van der Waals surface area contributed by atoms with E-state index in [-0.39, 0.29) is 23.4 Å². The molecule has 0 aromatic heterocycles. The SMILES string of the molecule is C[C@H]1CCCC[C@@H]1N1C(=O)/C(=C/c2cc(I)c(O)c([N+](=O)[O-])c2)SC1=Nc1ccccc1. The number of thioether (sulfide) groups is 1. The summed E-state index contributed by atoms with van der Waals surface area (Å²) in [6.45, 7) is 2.18. The Bertz CT molecular complexity index is 1120. The highest BCUT2D eigenvalue weighted by Crippen LogP contribution is 2.41. The molecule has 32 heavy (non-hydrogen) atoms. The van der Waals surface area contributed by atoms with Crippen LogP contribution in [0.15, 0.2) is 52.4 Å². The second-order valence-corrected chi connectivity index (χ2v) is 10.1. The summed E-state index contributed by atoms with van der Waals surface area (Å²) in [6.07, 6.45) is 5.88. The van der Waals surface area contributed by atoms with Gasteiger partial charge in [0.05, 0.1) is 19.1 Å². The Balaban J connectivity index is 1.75. The zero-order valence-electron chi connectivity index (χ0n) is 17.4. The van der Waals surface area contributed by atoms with Gasteiger partial charge in [0, 0.05) is 12.1 Å². The molecule has 0 unspecified atom stereocenters. The van der Waals surface area contributed by atoms with E-state index in [9.17, 15) is 20.0 Å². The molecule has 4 rings (SSSR count). The zero-order chi connectivity index (χ0) is 22.8. The summed E-state index contributed by atoms with van der Waals surface area (Å²) in [4.78, 5) is 31.2. The van der Waals surface area contributed by atoms with E-state index >= 15 is 0 Å². The number of phenolic OH excluding ortho intramolecular Hbond substituents is 1. The minimum Gasteiger partial charge on any atom is -0.501 e. The van der Waals surface area contributed by atoms with Crippen LogP contribution in [0.2, 0.25) is 0 Å². The quantitative estimate of drug-likeness (QED) is 0.210. The fourth-order valence-corrected chi connectivity index (χ4v) is 5.81. The van der Waals surface area contributed by atoms with Crippen molar-refractivity contribution in [2.24, 2.45) is 10.9 Å². The van der Waals surface area contributed by atoms with E-state index in [1.165, 1.54) is 17.8 Å². The van der Waals surface area contributed by atoms with Crippen molar-refractivity contribution in [1.29, 1.82) is 0 Å². The Morgan fingerprint density at radius 1 is 1.25 bits per heavy atom. The monoisotopic (exact) mass is 563 g/mol. The number of carbonyl (C=O) groups is 1. The number of amidine groups is 1. The van der Waals surface area contributed by atoms with E-state index in [2.05, 4.69) is 6.92 Å². The number of carbonyl (C=O) groups excluding carboxylic acids is 1. The van der Waals surface area contributed by atoms with Crippen LogP contribution < -0.4 is 0 Å². The number of halogens is 1. The zero-order valence-corrected chi connectivity index (χ0v) is 20.4. The average Bonchev–Trinajstić information content (AvgIpc) is 3.06. The summed E-state index contributed by atoms with van der Waals surface area (Å²) in [5, 5.41) is 21.9. The number of rotatable bonds is 4. The van der Waals surface area contributed by atoms with Gasteiger partial charge in [-0.1, -0.05) is 38.0 Å². The second kappa shape index (κ2) is 9.62. The highest BCUT2D eigenvalue weighted by atomic mass is 127. The largest absolute Gasteiger partial charge is 0.501 e. The Morgan fingerprint density at radius 3 is 2.66 bits per heavy atom. The number of nitrogens with zero attached hydrogens (tertiary/aromatic N) is 3. The average molecular weight is 563 g/mol. The predicted octanol–water partition coefficient (Wildman–Crippen LogP) is 6.09. The second-order valence-electron chi connectivity index (χ2n) is 7.97. The first-order valence-corrected chi connectivity index (χ1v) is 12.3. The standard InChI is InChI=1S/C23H22IN3O4S/c1-14-7-5-6-10-18(14)26-22(29)20(32-23(26)25-16-8-3-2-4-9-16)13-15-11-17(24)21(28)19(12-15)27(30)31/h2-4,8-9,11-14,18,28H,5-7,10H2,1H3/b20-13-,25-23?/t14-,18-/m0/s1. The van der Waals surface area contributed by atoms with Crippen molar-refractivity contribution in [2.75, 3.05) is 0 Å². The highest BCUT2D eigenvalue weighted by Gasteiger charge is 2.41. The van der Waals surface area contributed by atoms with Crippen molar-refractivity contribution < 1.29 is 14.8 Å². The van der Waals surface area contributed by atoms with Crippen molar-refractivity contribution in [3.8, 4) is 5.75 Å². The molecule has 2 aliphatic rings. The lowest BCUT2D eigenvalue weighted by Gasteiger charge is -2.35. The molecule has 1 aliphatic heterocycles. The number of amides is 1. The number of hydrogen-bond acceptors (Lipinski definition) is 6. The van der Waals surface area contributed by atoms with E-state index < -0.39 is 4.92 Å². The molecule has 166 valence electrons. The maximum absolute atomic E-state index is 13.5. The molecule has 2 fully saturated rings. The molecule has 0 radical (unpaired) electrons. The van der Waals surface area contributed by atoms with Crippen LogP contribution in [0.5, 0.6) is 5.75 Å². The van der Waals surface area contributed by atoms with E-state index in [1.54, 1.807) is 12.1 Å². The molecule has 1 amide bonds. The Morgan fingerprint density at radius 2 is 1.97 bits per heavy atom. The van der Waals surface area contributed by atoms with Gasteiger partial charge in [-0.3, -0.25) is 19.8 Å². The van der Waals surface area contributed by atoms with Crippen LogP contribution in [0, 0.1) is 19.6 Å². The molecule has 0 spiro atoms. The van der Waals surface area contributed by atoms with Crippen LogP contribution in [0.3, 0.4) is 0 Å². The van der Waals surface area contributed by atoms with Crippen LogP contribution in [0.25, 0.3) is 6.08 Å². The van der Waals surface area contributed by atoms with Crippen LogP contribution in [-0.2, 0) is 4.79 Å². The first-order chi connectivity index (χ1) is 15.3. The lowest BCUT2D eigenvalue weighted by atomic mass is 9.85. The number of aromatic hydroxyl groups is 1. The van der Waals surface area contributed by atoms with Crippen molar-refractivity contribution in [3.63, 3.8) is 0 Å². The van der Waals surface area contributed by atoms with Gasteiger partial charge < -0.3 is 5.11 Å². The summed E-state index contributed by atoms with van der Waals surface area (Å²) in [5.74, 6) is -0.134. The maximum atomic E-state index is 13.5. The van der Waals surface area contributed by atoms with Gasteiger partial charge in [0.25, 0.3) is 5.91 Å². The molecule has 2 aromatic carbocycles. The third-order valence-corrected chi connectivity index (χ3v) is 7.58. The maximum Gasteiger partial charge on any atom is 0.312 e. The smallest absolute Gasteiger partial charge is 0.312 e. The van der Waals surface area contributed by atoms with Crippen LogP contribution >= 0.6 is 34.4 Å². The van der Waals surface area contributed by atoms with Crippen LogP contribution in [-0.4, -0.2) is 32.0 Å². The van der Waals surface area contributed by atoms with E-state index in [0.29, 0.717) is 25.1 Å². The number of benzene rings is 2. The Hall–Kier alpha value is -2.40. The molecule has 2 atom stereocenters. The fraction of sp³-hybridized carbons (Fsp3) is 0.304. The highest BCUT2D eigenvalue weighted by molar-refractivity contribution is 14.1. The van der Waals surface area contributed by atoms with E-state index in [0.717, 1.165) is 31.4 Å². The number of phenols is 1. The first kappa shape index (κ1) is 22.8. The van der Waals surface area contributed by atoms with Crippen molar-refractivity contribution in [3.05, 3.63) is 66.6 Å². The predicted molar refractivity (Wildman–Crippen MR) is 135 cm³/mol. The van der Waals surface area contributed by atoms with Gasteiger partial charge in [-0.25, -0.2) is 4.99 Å². The molecular weight excluding hydrogens is 541 g/mol. The molecule has 1 heterocycles. The molecular formula is C23H22IN3O4S. The van der Waals surface area contributed by atoms with E-state index in [4.69, 9.17) is 4.99 Å². The summed E-state index contributed by atoms with van der Waals surface area (Å²) in [6, 6.07) is 12.5. The molecule has 1 saturated carbocycles.